The summed E-state index contributed by atoms with van der Waals surface area (Å²) in [5.74, 6) is 0.922. The second-order valence-electron chi connectivity index (χ2n) is 8.55. The largest absolute Gasteiger partial charge is 0.491 e. The molecule has 2 aliphatic rings. The van der Waals surface area contributed by atoms with Crippen molar-refractivity contribution in [3.8, 4) is 5.75 Å². The predicted molar refractivity (Wildman–Crippen MR) is 118 cm³/mol. The number of carbonyl (C=O) groups is 2. The number of hydrogen-bond acceptors (Lipinski definition) is 4. The fourth-order valence-corrected chi connectivity index (χ4v) is 4.24. The smallest absolute Gasteiger partial charge is 0.318 e. The monoisotopic (exact) mass is 416 g/mol. The molecule has 1 aromatic carbocycles. The van der Waals surface area contributed by atoms with Crippen molar-refractivity contribution in [2.45, 2.75) is 65.1 Å². The highest BCUT2D eigenvalue weighted by Crippen LogP contribution is 2.25. The van der Waals surface area contributed by atoms with Gasteiger partial charge in [-0.2, -0.15) is 0 Å². The van der Waals surface area contributed by atoms with Gasteiger partial charge in [0.1, 0.15) is 12.4 Å². The predicted octanol–water partition coefficient (Wildman–Crippen LogP) is 2.53. The van der Waals surface area contributed by atoms with Gasteiger partial charge in [0.05, 0.1) is 13.1 Å². The fourth-order valence-electron chi connectivity index (χ4n) is 4.24. The van der Waals surface area contributed by atoms with Gasteiger partial charge in [-0.05, 0) is 57.8 Å². The fraction of sp³-hybridized carbons (Fsp3) is 0.652. The molecule has 2 N–H and O–H groups in total. The van der Waals surface area contributed by atoms with E-state index < -0.39 is 0 Å². The van der Waals surface area contributed by atoms with E-state index in [4.69, 9.17) is 4.74 Å². The molecule has 2 heterocycles. The lowest BCUT2D eigenvalue weighted by molar-refractivity contribution is -0.121. The number of benzene rings is 1. The third-order valence-electron chi connectivity index (χ3n) is 5.89. The third kappa shape index (κ3) is 6.11. The number of fused-ring (bicyclic) bond motifs is 1. The van der Waals surface area contributed by atoms with E-state index in [1.165, 1.54) is 12.8 Å². The number of aryl methyl sites for hydroxylation is 1. The molecule has 0 aromatic heterocycles. The maximum absolute atomic E-state index is 12.4. The Balaban J connectivity index is 1.52. The summed E-state index contributed by atoms with van der Waals surface area (Å²) in [6.45, 7) is 10.6. The molecule has 3 rings (SSSR count). The van der Waals surface area contributed by atoms with Crippen LogP contribution in [0.4, 0.5) is 4.79 Å². The van der Waals surface area contributed by atoms with Gasteiger partial charge in [-0.3, -0.25) is 9.69 Å². The number of rotatable bonds is 7. The van der Waals surface area contributed by atoms with Crippen LogP contribution in [0.5, 0.6) is 5.75 Å². The molecule has 166 valence electrons. The summed E-state index contributed by atoms with van der Waals surface area (Å²) in [5, 5.41) is 6.05. The van der Waals surface area contributed by atoms with Crippen LogP contribution in [0.2, 0.25) is 0 Å². The van der Waals surface area contributed by atoms with E-state index in [0.29, 0.717) is 38.6 Å². The van der Waals surface area contributed by atoms with Crippen molar-refractivity contribution in [2.75, 3.05) is 32.8 Å². The minimum Gasteiger partial charge on any atom is -0.491 e. The van der Waals surface area contributed by atoms with Gasteiger partial charge >= 0.3 is 6.03 Å². The average molecular weight is 417 g/mol. The first kappa shape index (κ1) is 22.4. The number of hydrogen-bond donors (Lipinski definition) is 2. The molecule has 2 aliphatic heterocycles. The van der Waals surface area contributed by atoms with E-state index in [9.17, 15) is 9.59 Å². The number of amides is 3. The molecule has 0 spiro atoms. The Kier molecular flexibility index (Phi) is 7.96. The molecule has 1 atom stereocenters. The summed E-state index contributed by atoms with van der Waals surface area (Å²) < 4.78 is 5.83. The van der Waals surface area contributed by atoms with Crippen LogP contribution in [0, 0.1) is 0 Å². The Labute approximate surface area is 180 Å². The van der Waals surface area contributed by atoms with Gasteiger partial charge in [-0.15, -0.1) is 0 Å². The highest BCUT2D eigenvalue weighted by Gasteiger charge is 2.23. The molecule has 1 fully saturated rings. The van der Waals surface area contributed by atoms with Crippen LogP contribution in [0.1, 0.15) is 51.2 Å². The minimum atomic E-state index is -0.0701. The maximum Gasteiger partial charge on any atom is 0.318 e. The van der Waals surface area contributed by atoms with Gasteiger partial charge in [0.25, 0.3) is 0 Å². The summed E-state index contributed by atoms with van der Waals surface area (Å²) in [7, 11) is 0. The SMILES string of the molecule is CCN1CCCC1CNC(=O)CCc1ccc2c(c1)CN(C(=O)NC(C)C)CCO2. The number of likely N-dealkylation sites (tertiary alicyclic amines) is 1. The molecule has 3 amide bonds. The van der Waals surface area contributed by atoms with Gasteiger partial charge < -0.3 is 20.3 Å². The van der Waals surface area contributed by atoms with Crippen molar-refractivity contribution < 1.29 is 14.3 Å². The van der Waals surface area contributed by atoms with Crippen LogP contribution < -0.4 is 15.4 Å². The number of nitrogens with zero attached hydrogens (tertiary/aromatic N) is 2. The lowest BCUT2D eigenvalue weighted by Gasteiger charge is -2.23. The Morgan fingerprint density at radius 1 is 1.27 bits per heavy atom. The van der Waals surface area contributed by atoms with Gasteiger partial charge in [-0.1, -0.05) is 19.1 Å². The summed E-state index contributed by atoms with van der Waals surface area (Å²) >= 11 is 0. The number of likely N-dealkylation sites (N-methyl/N-ethyl adjacent to an activating group) is 1. The Morgan fingerprint density at radius 3 is 2.87 bits per heavy atom. The normalized spacial score (nSPS) is 19.2. The quantitative estimate of drug-likeness (QED) is 0.716. The molecule has 0 bridgehead atoms. The maximum atomic E-state index is 12.4. The van der Waals surface area contributed by atoms with Crippen LogP contribution in [-0.2, 0) is 17.8 Å². The zero-order valence-electron chi connectivity index (χ0n) is 18.6. The van der Waals surface area contributed by atoms with E-state index in [2.05, 4.69) is 28.5 Å². The third-order valence-corrected chi connectivity index (χ3v) is 5.89. The minimum absolute atomic E-state index is 0.0701. The number of ether oxygens (including phenoxy) is 1. The zero-order valence-corrected chi connectivity index (χ0v) is 18.6. The van der Waals surface area contributed by atoms with Crippen LogP contribution in [0.15, 0.2) is 18.2 Å². The Morgan fingerprint density at radius 2 is 2.10 bits per heavy atom. The van der Waals surface area contributed by atoms with Crippen LogP contribution in [0.25, 0.3) is 0 Å². The van der Waals surface area contributed by atoms with E-state index in [1.807, 2.05) is 26.0 Å². The topological polar surface area (TPSA) is 73.9 Å². The lowest BCUT2D eigenvalue weighted by atomic mass is 10.0. The molecular weight excluding hydrogens is 380 g/mol. The average Bonchev–Trinajstić information content (AvgIpc) is 3.07. The van der Waals surface area contributed by atoms with E-state index in [0.717, 1.165) is 36.5 Å². The van der Waals surface area contributed by atoms with Crippen LogP contribution >= 0.6 is 0 Å². The highest BCUT2D eigenvalue weighted by atomic mass is 16.5. The lowest BCUT2D eigenvalue weighted by Crippen LogP contribution is -2.43. The standard InChI is InChI=1S/C23H36N4O3/c1-4-26-11-5-6-20(26)15-24-22(28)10-8-18-7-9-21-19(14-18)16-27(12-13-30-21)23(29)25-17(2)3/h7,9,14,17,20H,4-6,8,10-13,15-16H2,1-3H3,(H,24,28)(H,25,29). The highest BCUT2D eigenvalue weighted by molar-refractivity contribution is 5.76. The number of urea groups is 1. The molecule has 7 heteroatoms. The molecule has 1 saturated heterocycles. The molecule has 0 saturated carbocycles. The first-order valence-electron chi connectivity index (χ1n) is 11.3. The van der Waals surface area contributed by atoms with Gasteiger partial charge in [0.15, 0.2) is 0 Å². The van der Waals surface area contributed by atoms with Crippen molar-refractivity contribution in [1.29, 1.82) is 0 Å². The molecule has 0 radical (unpaired) electrons. The molecule has 7 nitrogen and oxygen atoms in total. The van der Waals surface area contributed by atoms with Crippen LogP contribution in [0.3, 0.4) is 0 Å². The molecule has 0 aliphatic carbocycles. The number of carbonyl (C=O) groups excluding carboxylic acids is 2. The summed E-state index contributed by atoms with van der Waals surface area (Å²) in [6.07, 6.45) is 3.53. The Bertz CT molecular complexity index is 737. The van der Waals surface area contributed by atoms with Crippen molar-refractivity contribution >= 4 is 11.9 Å². The van der Waals surface area contributed by atoms with E-state index in [1.54, 1.807) is 4.90 Å². The molecule has 30 heavy (non-hydrogen) atoms. The van der Waals surface area contributed by atoms with Gasteiger partial charge in [-0.25, -0.2) is 4.79 Å². The van der Waals surface area contributed by atoms with E-state index >= 15 is 0 Å². The van der Waals surface area contributed by atoms with Crippen molar-refractivity contribution in [3.05, 3.63) is 29.3 Å². The second kappa shape index (κ2) is 10.7. The first-order chi connectivity index (χ1) is 14.5. The Hall–Kier alpha value is -2.28. The number of nitrogens with one attached hydrogen (secondary N) is 2. The van der Waals surface area contributed by atoms with Crippen molar-refractivity contribution in [2.24, 2.45) is 0 Å². The summed E-state index contributed by atoms with van der Waals surface area (Å²) in [6, 6.07) is 6.56. The zero-order chi connectivity index (χ0) is 21.5. The first-order valence-corrected chi connectivity index (χ1v) is 11.3. The van der Waals surface area contributed by atoms with E-state index in [-0.39, 0.29) is 18.0 Å². The van der Waals surface area contributed by atoms with Crippen LogP contribution in [-0.4, -0.2) is 66.6 Å². The van der Waals surface area contributed by atoms with Crippen molar-refractivity contribution in [1.82, 2.24) is 20.4 Å². The summed E-state index contributed by atoms with van der Waals surface area (Å²) in [4.78, 5) is 29.0. The van der Waals surface area contributed by atoms with Gasteiger partial charge in [0, 0.05) is 30.6 Å². The molecular formula is C23H36N4O3. The van der Waals surface area contributed by atoms with Crippen molar-refractivity contribution in [3.63, 3.8) is 0 Å². The summed E-state index contributed by atoms with van der Waals surface area (Å²) in [5.41, 5.74) is 2.09. The second-order valence-corrected chi connectivity index (χ2v) is 8.55. The molecule has 1 unspecified atom stereocenters. The van der Waals surface area contributed by atoms with Gasteiger partial charge in [0.2, 0.25) is 5.91 Å². The molecule has 1 aromatic rings.